The number of nitrogens with zero attached hydrogens (tertiary/aromatic N) is 1. The maximum Gasteiger partial charge on any atom is 0.311 e. The maximum absolute atomic E-state index is 11.0. The molecule has 0 fully saturated rings. The van der Waals surface area contributed by atoms with Crippen LogP contribution < -0.4 is 15.2 Å². The molecule has 6 heteroatoms. The van der Waals surface area contributed by atoms with E-state index in [0.29, 0.717) is 17.0 Å². The molecule has 6 nitrogen and oxygen atoms in total. The van der Waals surface area contributed by atoms with Gasteiger partial charge in [0.2, 0.25) is 0 Å². The molecule has 2 aromatic rings. The first-order chi connectivity index (χ1) is 10.0. The van der Waals surface area contributed by atoms with Crippen LogP contribution in [0.5, 0.6) is 11.5 Å². The van der Waals surface area contributed by atoms with Crippen molar-refractivity contribution in [3.8, 4) is 11.5 Å². The van der Waals surface area contributed by atoms with Gasteiger partial charge in [-0.25, -0.2) is 0 Å². The monoisotopic (exact) mass is 288 g/mol. The normalized spacial score (nSPS) is 10.2. The van der Waals surface area contributed by atoms with Gasteiger partial charge < -0.3 is 15.2 Å². The van der Waals surface area contributed by atoms with Crippen molar-refractivity contribution in [3.05, 3.63) is 57.6 Å². The second-order valence-electron chi connectivity index (χ2n) is 4.58. The molecule has 2 N–H and O–H groups in total. The summed E-state index contributed by atoms with van der Waals surface area (Å²) in [6, 6.07) is 10.1. The topological polar surface area (TPSA) is 87.6 Å². The van der Waals surface area contributed by atoms with Crippen LogP contribution in [0.15, 0.2) is 36.4 Å². The third-order valence-electron chi connectivity index (χ3n) is 3.03. The van der Waals surface area contributed by atoms with Gasteiger partial charge in [-0.15, -0.1) is 0 Å². The maximum atomic E-state index is 11.0. The van der Waals surface area contributed by atoms with Gasteiger partial charge in [-0.1, -0.05) is 6.07 Å². The molecule has 0 saturated carbocycles. The van der Waals surface area contributed by atoms with Gasteiger partial charge in [-0.2, -0.15) is 0 Å². The summed E-state index contributed by atoms with van der Waals surface area (Å²) in [7, 11) is 1.40. The molecule has 0 unspecified atom stereocenters. The summed E-state index contributed by atoms with van der Waals surface area (Å²) in [4.78, 5) is 10.5. The predicted octanol–water partition coefficient (Wildman–Crippen LogP) is 3.07. The quantitative estimate of drug-likeness (QED) is 0.519. The first-order valence-electron chi connectivity index (χ1n) is 6.31. The Bertz CT molecular complexity index is 671. The molecule has 0 atom stereocenters. The lowest BCUT2D eigenvalue weighted by Crippen LogP contribution is -2.00. The summed E-state index contributed by atoms with van der Waals surface area (Å²) in [5, 5.41) is 11.0. The lowest BCUT2D eigenvalue weighted by atomic mass is 10.2. The summed E-state index contributed by atoms with van der Waals surface area (Å²) in [5.41, 5.74) is 7.87. The zero-order chi connectivity index (χ0) is 15.4. The van der Waals surface area contributed by atoms with Gasteiger partial charge >= 0.3 is 5.69 Å². The van der Waals surface area contributed by atoms with Crippen LogP contribution >= 0.6 is 0 Å². The van der Waals surface area contributed by atoms with Crippen molar-refractivity contribution in [2.75, 3.05) is 12.8 Å². The lowest BCUT2D eigenvalue weighted by molar-refractivity contribution is -0.385. The average molecular weight is 288 g/mol. The number of rotatable bonds is 5. The van der Waals surface area contributed by atoms with Crippen LogP contribution in [0.3, 0.4) is 0 Å². The second kappa shape index (κ2) is 6.13. The molecule has 0 heterocycles. The number of nitro benzene ring substituents is 1. The number of benzene rings is 2. The van der Waals surface area contributed by atoms with Crippen LogP contribution in [0.1, 0.15) is 11.1 Å². The number of hydrogen-bond acceptors (Lipinski definition) is 5. The van der Waals surface area contributed by atoms with Crippen LogP contribution in [-0.4, -0.2) is 12.0 Å². The largest absolute Gasteiger partial charge is 0.490 e. The Morgan fingerprint density at radius 2 is 1.90 bits per heavy atom. The van der Waals surface area contributed by atoms with Crippen molar-refractivity contribution >= 4 is 11.4 Å². The molecule has 2 rings (SSSR count). The molecule has 21 heavy (non-hydrogen) atoms. The summed E-state index contributed by atoms with van der Waals surface area (Å²) < 4.78 is 10.6. The molecule has 0 aliphatic rings. The van der Waals surface area contributed by atoms with Gasteiger partial charge in [-0.3, -0.25) is 10.1 Å². The first-order valence-corrected chi connectivity index (χ1v) is 6.31. The molecule has 0 aliphatic carbocycles. The molecule has 0 amide bonds. The second-order valence-corrected chi connectivity index (χ2v) is 4.58. The summed E-state index contributed by atoms with van der Waals surface area (Å²) in [5.74, 6) is 0.926. The number of methoxy groups -OCH3 is 1. The third-order valence-corrected chi connectivity index (χ3v) is 3.03. The smallest absolute Gasteiger partial charge is 0.311 e. The Balaban J connectivity index is 2.16. The van der Waals surface area contributed by atoms with Crippen molar-refractivity contribution < 1.29 is 14.4 Å². The molecule has 110 valence electrons. The van der Waals surface area contributed by atoms with Crippen molar-refractivity contribution in [1.29, 1.82) is 0 Å². The Hall–Kier alpha value is -2.76. The third kappa shape index (κ3) is 3.42. The van der Waals surface area contributed by atoms with E-state index in [4.69, 9.17) is 15.2 Å². The van der Waals surface area contributed by atoms with E-state index in [9.17, 15) is 10.1 Å². The van der Waals surface area contributed by atoms with Crippen molar-refractivity contribution in [1.82, 2.24) is 0 Å². The molecule has 2 aromatic carbocycles. The van der Waals surface area contributed by atoms with E-state index < -0.39 is 4.92 Å². The molecular weight excluding hydrogens is 272 g/mol. The minimum Gasteiger partial charge on any atom is -0.490 e. The molecular formula is C15H16N2O4. The highest BCUT2D eigenvalue weighted by molar-refractivity contribution is 5.49. The number of nitro groups is 1. The zero-order valence-electron chi connectivity index (χ0n) is 11.8. The Kier molecular flexibility index (Phi) is 4.27. The number of nitrogens with two attached hydrogens (primary N) is 1. The molecule has 0 bridgehead atoms. The summed E-state index contributed by atoms with van der Waals surface area (Å²) >= 11 is 0. The molecule has 0 spiro atoms. The molecule has 0 radical (unpaired) electrons. The fourth-order valence-electron chi connectivity index (χ4n) is 1.96. The van der Waals surface area contributed by atoms with Crippen LogP contribution in [0.2, 0.25) is 0 Å². The fourth-order valence-corrected chi connectivity index (χ4v) is 1.96. The highest BCUT2D eigenvalue weighted by Crippen LogP contribution is 2.28. The van der Waals surface area contributed by atoms with E-state index in [1.807, 2.05) is 13.0 Å². The fraction of sp³-hybridized carbons (Fsp3) is 0.200. The number of ether oxygens (including phenoxy) is 2. The Morgan fingerprint density at radius 1 is 1.19 bits per heavy atom. The van der Waals surface area contributed by atoms with E-state index >= 15 is 0 Å². The van der Waals surface area contributed by atoms with Gasteiger partial charge in [0.25, 0.3) is 0 Å². The highest BCUT2D eigenvalue weighted by Gasteiger charge is 2.15. The zero-order valence-corrected chi connectivity index (χ0v) is 11.8. The number of nitrogen functional groups attached to an aromatic ring is 1. The average Bonchev–Trinajstić information content (AvgIpc) is 2.46. The van der Waals surface area contributed by atoms with Crippen LogP contribution in [0.25, 0.3) is 0 Å². The van der Waals surface area contributed by atoms with Crippen LogP contribution in [-0.2, 0) is 6.61 Å². The number of aryl methyl sites for hydroxylation is 1. The number of anilines is 1. The van der Waals surface area contributed by atoms with Gasteiger partial charge in [0.15, 0.2) is 5.75 Å². The number of hydrogen-bond donors (Lipinski definition) is 1. The molecule has 0 aromatic heterocycles. The van der Waals surface area contributed by atoms with Crippen molar-refractivity contribution in [3.63, 3.8) is 0 Å². The van der Waals surface area contributed by atoms with Crippen LogP contribution in [0, 0.1) is 17.0 Å². The standard InChI is InChI=1S/C15H16N2O4/c1-10-7-12(16)4-6-14(10)21-9-11-3-5-15(20-2)13(8-11)17(18)19/h3-8H,9,16H2,1-2H3. The van der Waals surface area contributed by atoms with Gasteiger partial charge in [0, 0.05) is 11.8 Å². The summed E-state index contributed by atoms with van der Waals surface area (Å²) in [6.45, 7) is 2.12. The SMILES string of the molecule is COc1ccc(COc2ccc(N)cc2C)cc1[N+](=O)[O-]. The lowest BCUT2D eigenvalue weighted by Gasteiger charge is -2.10. The van der Waals surface area contributed by atoms with E-state index in [2.05, 4.69) is 0 Å². The van der Waals surface area contributed by atoms with Gasteiger partial charge in [0.05, 0.1) is 12.0 Å². The molecule has 0 aliphatic heterocycles. The van der Waals surface area contributed by atoms with E-state index in [-0.39, 0.29) is 18.0 Å². The van der Waals surface area contributed by atoms with Crippen molar-refractivity contribution in [2.45, 2.75) is 13.5 Å². The van der Waals surface area contributed by atoms with E-state index in [1.54, 1.807) is 24.3 Å². The predicted molar refractivity (Wildman–Crippen MR) is 79.6 cm³/mol. The first kappa shape index (κ1) is 14.6. The van der Waals surface area contributed by atoms with E-state index in [0.717, 1.165) is 5.56 Å². The summed E-state index contributed by atoms with van der Waals surface area (Å²) in [6.07, 6.45) is 0. The van der Waals surface area contributed by atoms with Crippen molar-refractivity contribution in [2.24, 2.45) is 0 Å². The van der Waals surface area contributed by atoms with E-state index in [1.165, 1.54) is 13.2 Å². The highest BCUT2D eigenvalue weighted by atomic mass is 16.6. The van der Waals surface area contributed by atoms with Crippen LogP contribution in [0.4, 0.5) is 11.4 Å². The minimum absolute atomic E-state index is 0.0763. The molecule has 0 saturated heterocycles. The Labute approximate surface area is 122 Å². The van der Waals surface area contributed by atoms with Gasteiger partial charge in [0.1, 0.15) is 12.4 Å². The Morgan fingerprint density at radius 3 is 2.52 bits per heavy atom. The van der Waals surface area contributed by atoms with Gasteiger partial charge in [-0.05, 0) is 42.3 Å². The minimum atomic E-state index is -0.475.